The largest absolute Gasteiger partial charge is 0.269 e. The first-order valence-electron chi connectivity index (χ1n) is 2.99. The van der Waals surface area contributed by atoms with E-state index in [4.69, 9.17) is 0 Å². The molecule has 1 rings (SSSR count). The second-order valence-corrected chi connectivity index (χ2v) is 2.87. The Labute approximate surface area is 67.2 Å². The molecule has 10 heavy (non-hydrogen) atoms. The van der Waals surface area contributed by atoms with E-state index in [2.05, 4.69) is 21.0 Å². The quantitative estimate of drug-likeness (QED) is 0.724. The van der Waals surface area contributed by atoms with E-state index in [-0.39, 0.29) is 6.67 Å². The van der Waals surface area contributed by atoms with Crippen molar-refractivity contribution in [3.63, 3.8) is 0 Å². The third-order valence-electron chi connectivity index (χ3n) is 1.20. The summed E-state index contributed by atoms with van der Waals surface area (Å²) in [5.74, 6) is 0. The van der Waals surface area contributed by atoms with Crippen LogP contribution in [0.2, 0.25) is 0 Å². The van der Waals surface area contributed by atoms with Crippen LogP contribution in [0.3, 0.4) is 0 Å². The predicted octanol–water partition coefficient (Wildman–Crippen LogP) is 1.92. The Morgan fingerprint density at radius 1 is 1.80 bits per heavy atom. The summed E-state index contributed by atoms with van der Waals surface area (Å²) in [6.07, 6.45) is 1.77. The summed E-state index contributed by atoms with van der Waals surface area (Å²) in [6.45, 7) is 1.85. The molecule has 4 heteroatoms. The Balaban J connectivity index is 2.77. The molecule has 0 atom stereocenters. The monoisotopic (exact) mass is 206 g/mol. The second-order valence-electron chi connectivity index (χ2n) is 2.01. The molecule has 2 nitrogen and oxygen atoms in total. The Morgan fingerprint density at radius 2 is 2.50 bits per heavy atom. The van der Waals surface area contributed by atoms with Crippen LogP contribution in [0.15, 0.2) is 10.7 Å². The number of hydrogen-bond acceptors (Lipinski definition) is 1. The predicted molar refractivity (Wildman–Crippen MR) is 40.6 cm³/mol. The average molecular weight is 207 g/mol. The fraction of sp³-hybridized carbons (Fsp3) is 0.500. The van der Waals surface area contributed by atoms with Crippen LogP contribution in [0.4, 0.5) is 4.39 Å². The van der Waals surface area contributed by atoms with E-state index in [0.717, 1.165) is 10.2 Å². The molecule has 1 aromatic heterocycles. The van der Waals surface area contributed by atoms with Gasteiger partial charge in [-0.25, -0.2) is 4.39 Å². The molecule has 0 bridgehead atoms. The van der Waals surface area contributed by atoms with Gasteiger partial charge in [-0.15, -0.1) is 0 Å². The zero-order chi connectivity index (χ0) is 7.56. The van der Waals surface area contributed by atoms with E-state index < -0.39 is 0 Å². The van der Waals surface area contributed by atoms with Crippen LogP contribution in [-0.4, -0.2) is 16.5 Å². The first kappa shape index (κ1) is 7.72. The summed E-state index contributed by atoms with van der Waals surface area (Å²) >= 11 is 3.28. The van der Waals surface area contributed by atoms with Crippen molar-refractivity contribution in [1.29, 1.82) is 0 Å². The lowest BCUT2D eigenvalue weighted by atomic mass is 10.5. The molecule has 0 fully saturated rings. The van der Waals surface area contributed by atoms with Gasteiger partial charge in [-0.05, 0) is 22.9 Å². The van der Waals surface area contributed by atoms with Crippen molar-refractivity contribution in [3.05, 3.63) is 16.4 Å². The molecule has 1 heterocycles. The number of rotatable bonds is 2. The Kier molecular flexibility index (Phi) is 2.43. The smallest absolute Gasteiger partial charge is 0.109 e. The topological polar surface area (TPSA) is 17.8 Å². The third kappa shape index (κ3) is 1.56. The average Bonchev–Trinajstić information content (AvgIpc) is 2.14. The minimum absolute atomic E-state index is 0.340. The summed E-state index contributed by atoms with van der Waals surface area (Å²) in [6, 6.07) is 0. The lowest BCUT2D eigenvalue weighted by Gasteiger charge is -1.91. The van der Waals surface area contributed by atoms with Gasteiger partial charge < -0.3 is 0 Å². The Bertz CT molecular complexity index is 202. The molecule has 0 aliphatic heterocycles. The molecule has 0 aliphatic carbocycles. The van der Waals surface area contributed by atoms with Gasteiger partial charge in [0.25, 0.3) is 0 Å². The maximum absolute atomic E-state index is 11.7. The Morgan fingerprint density at radius 3 is 2.90 bits per heavy atom. The van der Waals surface area contributed by atoms with Gasteiger partial charge in [0.05, 0.1) is 16.7 Å². The van der Waals surface area contributed by atoms with Crippen molar-refractivity contribution in [2.75, 3.05) is 6.67 Å². The molecule has 0 saturated heterocycles. The molecule has 1 aromatic rings. The maximum atomic E-state index is 11.7. The van der Waals surface area contributed by atoms with Crippen molar-refractivity contribution in [2.45, 2.75) is 13.5 Å². The fourth-order valence-electron chi connectivity index (χ4n) is 0.695. The number of halogens is 2. The van der Waals surface area contributed by atoms with Crippen molar-refractivity contribution in [1.82, 2.24) is 9.78 Å². The van der Waals surface area contributed by atoms with Crippen molar-refractivity contribution < 1.29 is 4.39 Å². The summed E-state index contributed by atoms with van der Waals surface area (Å²) in [4.78, 5) is 0. The highest BCUT2D eigenvalue weighted by Crippen LogP contribution is 2.12. The molecule has 0 spiro atoms. The number of alkyl halides is 1. The van der Waals surface area contributed by atoms with Crippen LogP contribution in [0, 0.1) is 6.92 Å². The highest BCUT2D eigenvalue weighted by molar-refractivity contribution is 9.10. The normalized spacial score (nSPS) is 10.3. The molecule has 0 amide bonds. The zero-order valence-electron chi connectivity index (χ0n) is 5.64. The van der Waals surface area contributed by atoms with E-state index in [0.29, 0.717) is 6.54 Å². The molecular formula is C6H8BrFN2. The number of aryl methyl sites for hydroxylation is 2. The molecule has 0 radical (unpaired) electrons. The summed E-state index contributed by atoms with van der Waals surface area (Å²) in [5, 5.41) is 4.03. The maximum Gasteiger partial charge on any atom is 0.109 e. The van der Waals surface area contributed by atoms with Crippen LogP contribution >= 0.6 is 15.9 Å². The minimum atomic E-state index is -0.367. The van der Waals surface area contributed by atoms with E-state index in [1.165, 1.54) is 0 Å². The number of aromatic nitrogens is 2. The minimum Gasteiger partial charge on any atom is -0.269 e. The summed E-state index contributed by atoms with van der Waals surface area (Å²) in [7, 11) is 0. The van der Waals surface area contributed by atoms with E-state index in [9.17, 15) is 4.39 Å². The highest BCUT2D eigenvalue weighted by Gasteiger charge is 1.99. The van der Waals surface area contributed by atoms with E-state index in [1.54, 1.807) is 10.9 Å². The molecule has 0 saturated carbocycles. The zero-order valence-corrected chi connectivity index (χ0v) is 7.23. The summed E-state index contributed by atoms with van der Waals surface area (Å²) < 4.78 is 14.3. The lowest BCUT2D eigenvalue weighted by molar-refractivity contribution is 0.426. The van der Waals surface area contributed by atoms with Gasteiger partial charge in [0, 0.05) is 6.20 Å². The van der Waals surface area contributed by atoms with Gasteiger partial charge in [0.1, 0.15) is 6.67 Å². The van der Waals surface area contributed by atoms with Crippen molar-refractivity contribution >= 4 is 15.9 Å². The molecule has 0 aromatic carbocycles. The van der Waals surface area contributed by atoms with Crippen LogP contribution < -0.4 is 0 Å². The number of nitrogens with zero attached hydrogens (tertiary/aromatic N) is 2. The molecular weight excluding hydrogens is 199 g/mol. The number of hydrogen-bond donors (Lipinski definition) is 0. The third-order valence-corrected chi connectivity index (χ3v) is 1.98. The van der Waals surface area contributed by atoms with Gasteiger partial charge in [-0.1, -0.05) is 0 Å². The molecule has 0 unspecified atom stereocenters. The van der Waals surface area contributed by atoms with Gasteiger partial charge in [0.2, 0.25) is 0 Å². The second kappa shape index (κ2) is 3.14. The SMILES string of the molecule is Cc1nn(CCF)cc1Br. The highest BCUT2D eigenvalue weighted by atomic mass is 79.9. The van der Waals surface area contributed by atoms with E-state index >= 15 is 0 Å². The van der Waals surface area contributed by atoms with Gasteiger partial charge >= 0.3 is 0 Å². The Hall–Kier alpha value is -0.380. The molecule has 0 N–H and O–H groups in total. The molecule has 0 aliphatic rings. The van der Waals surface area contributed by atoms with Crippen LogP contribution in [0.25, 0.3) is 0 Å². The summed E-state index contributed by atoms with van der Waals surface area (Å²) in [5.41, 5.74) is 0.897. The lowest BCUT2D eigenvalue weighted by Crippen LogP contribution is -1.99. The standard InChI is InChI=1S/C6H8BrFN2/c1-5-6(7)4-10(9-5)3-2-8/h4H,2-3H2,1H3. The van der Waals surface area contributed by atoms with Crippen LogP contribution in [0.1, 0.15) is 5.69 Å². The van der Waals surface area contributed by atoms with Crippen LogP contribution in [0.5, 0.6) is 0 Å². The van der Waals surface area contributed by atoms with Gasteiger partial charge in [-0.2, -0.15) is 5.10 Å². The fourth-order valence-corrected chi connectivity index (χ4v) is 1.01. The van der Waals surface area contributed by atoms with Crippen molar-refractivity contribution in [2.24, 2.45) is 0 Å². The van der Waals surface area contributed by atoms with Gasteiger partial charge in [0.15, 0.2) is 0 Å². The molecule has 56 valence electrons. The first-order valence-corrected chi connectivity index (χ1v) is 3.79. The van der Waals surface area contributed by atoms with Gasteiger partial charge in [-0.3, -0.25) is 4.68 Å². The van der Waals surface area contributed by atoms with E-state index in [1.807, 2.05) is 6.92 Å². The van der Waals surface area contributed by atoms with Crippen LogP contribution in [-0.2, 0) is 6.54 Å². The van der Waals surface area contributed by atoms with Crippen molar-refractivity contribution in [3.8, 4) is 0 Å². The first-order chi connectivity index (χ1) is 4.74.